The second-order valence-corrected chi connectivity index (χ2v) is 13.4. The molecule has 0 saturated carbocycles. The minimum Gasteiger partial charge on any atom is -0.457 e. The van der Waals surface area contributed by atoms with Gasteiger partial charge in [0.15, 0.2) is 5.78 Å². The van der Waals surface area contributed by atoms with E-state index in [9.17, 15) is 24.0 Å². The van der Waals surface area contributed by atoms with Crippen LogP contribution in [-0.2, 0) is 5.41 Å². The number of imide groups is 2. The first kappa shape index (κ1) is 32.2. The smallest absolute Gasteiger partial charge is 0.266 e. The van der Waals surface area contributed by atoms with Crippen LogP contribution in [0.1, 0.15) is 89.3 Å². The first-order valence-electron chi connectivity index (χ1n) is 16.0. The van der Waals surface area contributed by atoms with E-state index < -0.39 is 29.4 Å². The summed E-state index contributed by atoms with van der Waals surface area (Å²) in [5, 5.41) is 0. The molecule has 7 rings (SSSR count). The summed E-state index contributed by atoms with van der Waals surface area (Å²) in [7, 11) is 1.38. The van der Waals surface area contributed by atoms with Crippen molar-refractivity contribution in [2.24, 2.45) is 0 Å². The number of amides is 4. The molecule has 2 aliphatic rings. The summed E-state index contributed by atoms with van der Waals surface area (Å²) in [6, 6.07) is 28.8. The van der Waals surface area contributed by atoms with E-state index in [-0.39, 0.29) is 38.8 Å². The molecule has 0 aliphatic carbocycles. The highest BCUT2D eigenvalue weighted by molar-refractivity contribution is 6.35. The van der Waals surface area contributed by atoms with Crippen LogP contribution < -0.4 is 14.4 Å². The average molecular weight is 665 g/mol. The summed E-state index contributed by atoms with van der Waals surface area (Å²) in [6.45, 7) is 8.28. The molecule has 5 aromatic rings. The summed E-state index contributed by atoms with van der Waals surface area (Å²) in [5.41, 5.74) is 3.16. The lowest BCUT2D eigenvalue weighted by atomic mass is 9.86. The summed E-state index contributed by atoms with van der Waals surface area (Å²) in [5.74, 6) is 0.127. The highest BCUT2D eigenvalue weighted by Crippen LogP contribution is 2.39. The first-order valence-corrected chi connectivity index (χ1v) is 16.0. The Morgan fingerprint density at radius 2 is 1.06 bits per heavy atom. The molecule has 0 aromatic heterocycles. The van der Waals surface area contributed by atoms with Crippen molar-refractivity contribution in [2.45, 2.75) is 33.1 Å². The van der Waals surface area contributed by atoms with E-state index in [0.717, 1.165) is 26.7 Å². The monoisotopic (exact) mass is 664 g/mol. The summed E-state index contributed by atoms with van der Waals surface area (Å²) >= 11 is 0. The Labute approximate surface area is 288 Å². The van der Waals surface area contributed by atoms with Gasteiger partial charge in [-0.25, -0.2) is 4.90 Å². The van der Waals surface area contributed by atoms with Crippen LogP contribution in [0, 0.1) is 6.92 Å². The third-order valence-electron chi connectivity index (χ3n) is 8.84. The number of hydrogen-bond acceptors (Lipinski definition) is 7. The zero-order chi connectivity index (χ0) is 35.5. The number of aryl methyl sites for hydroxylation is 1. The summed E-state index contributed by atoms with van der Waals surface area (Å²) in [4.78, 5) is 67.1. The van der Waals surface area contributed by atoms with Gasteiger partial charge in [-0.2, -0.15) is 0 Å². The number of hydrogen-bond donors (Lipinski definition) is 0. The lowest BCUT2D eigenvalue weighted by molar-refractivity contribution is 0.0692. The van der Waals surface area contributed by atoms with E-state index in [4.69, 9.17) is 9.47 Å². The standard InChI is InChI=1S/C41H32N2O7/c1-23-6-12-27(13-7-23)49-29-16-19-35(34(22-29)41(2,3)4)50-28-14-10-26(11-15-28)43-39(47)31-18-9-25(21-33(31)40(43)48)36(44)24-8-17-30-32(20-24)38(46)42(5)37(30)45/h6-22H,1-5H3. The Hall–Kier alpha value is -6.35. The molecule has 4 amide bonds. The molecule has 0 atom stereocenters. The van der Waals surface area contributed by atoms with Crippen molar-refractivity contribution in [1.82, 2.24) is 4.90 Å². The van der Waals surface area contributed by atoms with Crippen LogP contribution in [0.4, 0.5) is 5.69 Å². The van der Waals surface area contributed by atoms with Gasteiger partial charge in [-0.15, -0.1) is 0 Å². The second kappa shape index (κ2) is 12.0. The van der Waals surface area contributed by atoms with Gasteiger partial charge < -0.3 is 9.47 Å². The molecule has 9 nitrogen and oxygen atoms in total. The summed E-state index contributed by atoms with van der Waals surface area (Å²) < 4.78 is 12.4. The molecular formula is C41H32N2O7. The number of fused-ring (bicyclic) bond motifs is 2. The van der Waals surface area contributed by atoms with Gasteiger partial charge >= 0.3 is 0 Å². The molecule has 0 saturated heterocycles. The molecule has 0 N–H and O–H groups in total. The number of ether oxygens (including phenoxy) is 2. The van der Waals surface area contributed by atoms with Crippen molar-refractivity contribution in [3.05, 3.63) is 148 Å². The minimum absolute atomic E-state index is 0.0936. The fraction of sp³-hybridized carbons (Fsp3) is 0.146. The SMILES string of the molecule is Cc1ccc(Oc2ccc(Oc3ccc(N4C(=O)c5ccc(C(=O)c6ccc7c(c6)C(=O)N(C)C7=O)cc5C4=O)cc3)c(C(C)(C)C)c2)cc1. The van der Waals surface area contributed by atoms with Crippen LogP contribution in [-0.4, -0.2) is 41.4 Å². The highest BCUT2D eigenvalue weighted by atomic mass is 16.5. The van der Waals surface area contributed by atoms with Gasteiger partial charge in [0.25, 0.3) is 23.6 Å². The molecule has 248 valence electrons. The van der Waals surface area contributed by atoms with Gasteiger partial charge in [-0.05, 0) is 91.2 Å². The minimum atomic E-state index is -0.566. The maximum Gasteiger partial charge on any atom is 0.266 e. The Kier molecular flexibility index (Phi) is 7.70. The number of nitrogens with zero attached hydrogens (tertiary/aromatic N) is 2. The lowest BCUT2D eigenvalue weighted by Crippen LogP contribution is -2.29. The van der Waals surface area contributed by atoms with E-state index in [1.165, 1.54) is 43.4 Å². The van der Waals surface area contributed by atoms with Crippen LogP contribution in [0.5, 0.6) is 23.0 Å². The molecule has 2 heterocycles. The van der Waals surface area contributed by atoms with E-state index in [1.807, 2.05) is 49.4 Å². The normalized spacial score (nSPS) is 13.9. The quantitative estimate of drug-likeness (QED) is 0.128. The molecule has 0 unspecified atom stereocenters. The van der Waals surface area contributed by atoms with Gasteiger partial charge in [0, 0.05) is 23.7 Å². The number of ketones is 1. The topological polar surface area (TPSA) is 110 Å². The van der Waals surface area contributed by atoms with Gasteiger partial charge in [0.05, 0.1) is 27.9 Å². The van der Waals surface area contributed by atoms with Gasteiger partial charge in [-0.1, -0.05) is 50.6 Å². The third kappa shape index (κ3) is 5.62. The number of carbonyl (C=O) groups is 5. The van der Waals surface area contributed by atoms with Crippen LogP contribution in [0.15, 0.2) is 103 Å². The van der Waals surface area contributed by atoms with E-state index >= 15 is 0 Å². The number of benzene rings is 5. The van der Waals surface area contributed by atoms with Crippen LogP contribution >= 0.6 is 0 Å². The molecule has 0 radical (unpaired) electrons. The fourth-order valence-corrected chi connectivity index (χ4v) is 6.07. The van der Waals surface area contributed by atoms with Crippen LogP contribution in [0.2, 0.25) is 0 Å². The summed E-state index contributed by atoms with van der Waals surface area (Å²) in [6.07, 6.45) is 0. The van der Waals surface area contributed by atoms with Crippen molar-refractivity contribution in [2.75, 3.05) is 11.9 Å². The molecule has 0 fully saturated rings. The predicted molar refractivity (Wildman–Crippen MR) is 187 cm³/mol. The van der Waals surface area contributed by atoms with E-state index in [1.54, 1.807) is 24.3 Å². The van der Waals surface area contributed by atoms with Gasteiger partial charge in [0.2, 0.25) is 0 Å². The molecule has 2 aliphatic heterocycles. The number of carbonyl (C=O) groups excluding carboxylic acids is 5. The average Bonchev–Trinajstić information content (AvgIpc) is 3.48. The molecule has 50 heavy (non-hydrogen) atoms. The van der Waals surface area contributed by atoms with Gasteiger partial charge in [0.1, 0.15) is 23.0 Å². The van der Waals surface area contributed by atoms with Crippen molar-refractivity contribution < 1.29 is 33.4 Å². The molecule has 0 spiro atoms. The van der Waals surface area contributed by atoms with Crippen molar-refractivity contribution in [3.8, 4) is 23.0 Å². The largest absolute Gasteiger partial charge is 0.457 e. The van der Waals surface area contributed by atoms with Crippen molar-refractivity contribution in [1.29, 1.82) is 0 Å². The first-order chi connectivity index (χ1) is 23.8. The fourth-order valence-electron chi connectivity index (χ4n) is 6.07. The molecule has 5 aromatic carbocycles. The van der Waals surface area contributed by atoms with E-state index in [2.05, 4.69) is 20.8 Å². The Morgan fingerprint density at radius 3 is 1.68 bits per heavy atom. The number of rotatable bonds is 7. The van der Waals surface area contributed by atoms with Crippen LogP contribution in [0.25, 0.3) is 0 Å². The third-order valence-corrected chi connectivity index (χ3v) is 8.84. The maximum atomic E-state index is 13.6. The second-order valence-electron chi connectivity index (χ2n) is 13.4. The zero-order valence-corrected chi connectivity index (χ0v) is 28.1. The van der Waals surface area contributed by atoms with Crippen molar-refractivity contribution >= 4 is 35.1 Å². The Morgan fingerprint density at radius 1 is 0.560 bits per heavy atom. The van der Waals surface area contributed by atoms with Gasteiger partial charge in [-0.3, -0.25) is 28.9 Å². The van der Waals surface area contributed by atoms with E-state index in [0.29, 0.717) is 22.9 Å². The molecular weight excluding hydrogens is 632 g/mol. The maximum absolute atomic E-state index is 13.6. The zero-order valence-electron chi connectivity index (χ0n) is 28.1. The Bertz CT molecular complexity index is 2260. The number of anilines is 1. The highest BCUT2D eigenvalue weighted by Gasteiger charge is 2.38. The Balaban J connectivity index is 1.09. The van der Waals surface area contributed by atoms with Crippen molar-refractivity contribution in [3.63, 3.8) is 0 Å². The van der Waals surface area contributed by atoms with Crippen LogP contribution in [0.3, 0.4) is 0 Å². The predicted octanol–water partition coefficient (Wildman–Crippen LogP) is 8.13. The molecule has 0 bridgehead atoms. The lowest BCUT2D eigenvalue weighted by Gasteiger charge is -2.24. The molecule has 9 heteroatoms.